The Hall–Kier alpha value is -1.94. The van der Waals surface area contributed by atoms with E-state index in [0.29, 0.717) is 17.1 Å². The van der Waals surface area contributed by atoms with Crippen molar-refractivity contribution in [2.75, 3.05) is 14.2 Å². The maximum atomic E-state index is 11.9. The lowest BCUT2D eigenvalue weighted by molar-refractivity contribution is 0.0596. The normalized spacial score (nSPS) is 10.1. The second-order valence-electron chi connectivity index (χ2n) is 4.09. The van der Waals surface area contributed by atoms with Crippen molar-refractivity contribution >= 4 is 17.7 Å². The fourth-order valence-corrected chi connectivity index (χ4v) is 2.79. The quantitative estimate of drug-likeness (QED) is 0.619. The summed E-state index contributed by atoms with van der Waals surface area (Å²) in [7, 11) is 2.93. The van der Waals surface area contributed by atoms with Crippen molar-refractivity contribution in [3.05, 3.63) is 59.7 Å². The topological polar surface area (TPSA) is 35.5 Å². The number of hydrogen-bond donors (Lipinski definition) is 0. The Morgan fingerprint density at radius 2 is 1.80 bits per heavy atom. The maximum Gasteiger partial charge on any atom is 0.341 e. The predicted octanol–water partition coefficient (Wildman–Crippen LogP) is 3.77. The van der Waals surface area contributed by atoms with E-state index in [1.807, 2.05) is 42.5 Å². The minimum Gasteiger partial charge on any atom is -0.496 e. The summed E-state index contributed by atoms with van der Waals surface area (Å²) in [6.07, 6.45) is 0. The fourth-order valence-electron chi connectivity index (χ4n) is 1.88. The molecule has 0 fully saturated rings. The Bertz CT molecular complexity index is 582. The highest BCUT2D eigenvalue weighted by molar-refractivity contribution is 7.98. The Kier molecular flexibility index (Phi) is 5.07. The second kappa shape index (κ2) is 7.01. The van der Waals surface area contributed by atoms with Crippen LogP contribution in [0.3, 0.4) is 0 Å². The van der Waals surface area contributed by atoms with Gasteiger partial charge in [-0.1, -0.05) is 30.3 Å². The number of ether oxygens (including phenoxy) is 2. The van der Waals surface area contributed by atoms with Crippen LogP contribution in [0.25, 0.3) is 0 Å². The van der Waals surface area contributed by atoms with Crippen molar-refractivity contribution in [1.82, 2.24) is 0 Å². The van der Waals surface area contributed by atoms with E-state index in [1.165, 1.54) is 7.11 Å². The van der Waals surface area contributed by atoms with Crippen molar-refractivity contribution in [2.24, 2.45) is 0 Å². The summed E-state index contributed by atoms with van der Waals surface area (Å²) in [4.78, 5) is 13.1. The highest BCUT2D eigenvalue weighted by Crippen LogP contribution is 2.29. The van der Waals surface area contributed by atoms with Crippen molar-refractivity contribution in [1.29, 1.82) is 0 Å². The molecular weight excluding hydrogens is 272 g/mol. The summed E-state index contributed by atoms with van der Waals surface area (Å²) >= 11 is 1.67. The average molecular weight is 288 g/mol. The second-order valence-corrected chi connectivity index (χ2v) is 5.14. The molecule has 0 amide bonds. The van der Waals surface area contributed by atoms with E-state index >= 15 is 0 Å². The Morgan fingerprint density at radius 3 is 2.45 bits per heavy atom. The molecule has 0 saturated carbocycles. The maximum absolute atomic E-state index is 11.9. The summed E-state index contributed by atoms with van der Waals surface area (Å²) < 4.78 is 10.1. The van der Waals surface area contributed by atoms with Gasteiger partial charge >= 0.3 is 5.97 Å². The van der Waals surface area contributed by atoms with Crippen molar-refractivity contribution in [3.63, 3.8) is 0 Å². The molecule has 0 aliphatic heterocycles. The monoisotopic (exact) mass is 288 g/mol. The van der Waals surface area contributed by atoms with Gasteiger partial charge in [0.05, 0.1) is 14.2 Å². The Balaban J connectivity index is 2.25. The molecule has 0 saturated heterocycles. The van der Waals surface area contributed by atoms with Crippen molar-refractivity contribution in [3.8, 4) is 5.75 Å². The number of carbonyl (C=O) groups is 1. The molecule has 0 aromatic heterocycles. The third kappa shape index (κ3) is 3.33. The number of benzene rings is 2. The van der Waals surface area contributed by atoms with Gasteiger partial charge in [0.2, 0.25) is 0 Å². The molecule has 0 spiro atoms. The van der Waals surface area contributed by atoms with Crippen molar-refractivity contribution in [2.45, 2.75) is 10.6 Å². The molecule has 0 aliphatic carbocycles. The van der Waals surface area contributed by atoms with Crippen LogP contribution in [0.4, 0.5) is 0 Å². The summed E-state index contributed by atoms with van der Waals surface area (Å²) in [5.41, 5.74) is 1.41. The molecule has 20 heavy (non-hydrogen) atoms. The predicted molar refractivity (Wildman–Crippen MR) is 80.3 cm³/mol. The van der Waals surface area contributed by atoms with Crippen LogP contribution in [-0.4, -0.2) is 20.2 Å². The van der Waals surface area contributed by atoms with Gasteiger partial charge in [0.15, 0.2) is 0 Å². The highest BCUT2D eigenvalue weighted by Gasteiger charge is 2.17. The zero-order valence-electron chi connectivity index (χ0n) is 11.5. The third-order valence-electron chi connectivity index (χ3n) is 2.86. The summed E-state index contributed by atoms with van der Waals surface area (Å²) in [6, 6.07) is 15.6. The third-order valence-corrected chi connectivity index (χ3v) is 3.92. The van der Waals surface area contributed by atoms with Crippen LogP contribution in [-0.2, 0) is 10.5 Å². The highest BCUT2D eigenvalue weighted by atomic mass is 32.2. The Labute approximate surface area is 122 Å². The van der Waals surface area contributed by atoms with E-state index in [-0.39, 0.29) is 5.97 Å². The first-order valence-electron chi connectivity index (χ1n) is 6.18. The smallest absolute Gasteiger partial charge is 0.341 e. The summed E-state index contributed by atoms with van der Waals surface area (Å²) in [5, 5.41) is 0. The number of methoxy groups -OCH3 is 2. The molecule has 2 aromatic carbocycles. The van der Waals surface area contributed by atoms with Crippen LogP contribution in [0.1, 0.15) is 15.9 Å². The van der Waals surface area contributed by atoms with Crippen molar-refractivity contribution < 1.29 is 14.3 Å². The first-order chi connectivity index (χ1) is 9.76. The molecule has 0 unspecified atom stereocenters. The lowest BCUT2D eigenvalue weighted by atomic mass is 10.1. The zero-order valence-corrected chi connectivity index (χ0v) is 12.3. The van der Waals surface area contributed by atoms with Gasteiger partial charge in [-0.3, -0.25) is 0 Å². The zero-order chi connectivity index (χ0) is 14.4. The van der Waals surface area contributed by atoms with Gasteiger partial charge < -0.3 is 9.47 Å². The summed E-state index contributed by atoms with van der Waals surface area (Å²) in [6.45, 7) is 0. The van der Waals surface area contributed by atoms with Gasteiger partial charge in [-0.2, -0.15) is 0 Å². The molecule has 104 valence electrons. The molecule has 4 heteroatoms. The molecule has 0 atom stereocenters. The molecule has 2 aromatic rings. The standard InChI is InChI=1S/C16H16O3S/c1-18-14-10-6-7-12(15(14)16(17)19-2)11-20-13-8-4-3-5-9-13/h3-10H,11H2,1-2H3. The van der Waals surface area contributed by atoms with Crippen LogP contribution in [0, 0.1) is 0 Å². The van der Waals surface area contributed by atoms with E-state index in [2.05, 4.69) is 0 Å². The van der Waals surface area contributed by atoms with Crippen LogP contribution < -0.4 is 4.74 Å². The minimum absolute atomic E-state index is 0.369. The average Bonchev–Trinajstić information content (AvgIpc) is 2.52. The molecule has 0 heterocycles. The van der Waals surface area contributed by atoms with Gasteiger partial charge in [0.25, 0.3) is 0 Å². The number of hydrogen-bond acceptors (Lipinski definition) is 4. The molecule has 0 radical (unpaired) electrons. The van der Waals surface area contributed by atoms with Crippen LogP contribution in [0.15, 0.2) is 53.4 Å². The molecule has 3 nitrogen and oxygen atoms in total. The van der Waals surface area contributed by atoms with Gasteiger partial charge in [-0.05, 0) is 23.8 Å². The lowest BCUT2D eigenvalue weighted by Crippen LogP contribution is -2.07. The first-order valence-corrected chi connectivity index (χ1v) is 7.17. The Morgan fingerprint density at radius 1 is 1.05 bits per heavy atom. The minimum atomic E-state index is -0.369. The van der Waals surface area contributed by atoms with Crippen LogP contribution >= 0.6 is 11.8 Å². The largest absolute Gasteiger partial charge is 0.496 e. The van der Waals surface area contributed by atoms with Gasteiger partial charge in [0, 0.05) is 10.6 Å². The number of rotatable bonds is 5. The van der Waals surface area contributed by atoms with E-state index in [0.717, 1.165) is 10.5 Å². The van der Waals surface area contributed by atoms with E-state index < -0.39 is 0 Å². The van der Waals surface area contributed by atoms with Crippen LogP contribution in [0.5, 0.6) is 5.75 Å². The van der Waals surface area contributed by atoms with Gasteiger partial charge in [0.1, 0.15) is 11.3 Å². The van der Waals surface area contributed by atoms with Crippen LogP contribution in [0.2, 0.25) is 0 Å². The molecule has 0 aliphatic rings. The summed E-state index contributed by atoms with van der Waals surface area (Å²) in [5.74, 6) is 0.861. The van der Waals surface area contributed by atoms with Gasteiger partial charge in [-0.15, -0.1) is 11.8 Å². The fraction of sp³-hybridized carbons (Fsp3) is 0.188. The number of carbonyl (C=O) groups excluding carboxylic acids is 1. The first kappa shape index (κ1) is 14.5. The van der Waals surface area contributed by atoms with E-state index in [4.69, 9.17) is 9.47 Å². The molecule has 2 rings (SSSR count). The molecule has 0 bridgehead atoms. The molecular formula is C16H16O3S. The SMILES string of the molecule is COC(=O)c1c(CSc2ccccc2)cccc1OC. The van der Waals surface area contributed by atoms with Gasteiger partial charge in [-0.25, -0.2) is 4.79 Å². The number of thioether (sulfide) groups is 1. The van der Waals surface area contributed by atoms with E-state index in [9.17, 15) is 4.79 Å². The molecule has 0 N–H and O–H groups in total. The lowest BCUT2D eigenvalue weighted by Gasteiger charge is -2.12. The number of esters is 1. The van der Waals surface area contributed by atoms with E-state index in [1.54, 1.807) is 24.9 Å².